The second kappa shape index (κ2) is 11.9. The molecule has 0 bridgehead atoms. The van der Waals surface area contributed by atoms with Gasteiger partial charge in [0.1, 0.15) is 12.6 Å². The summed E-state index contributed by atoms with van der Waals surface area (Å²) in [6.45, 7) is 4.11. The maximum absolute atomic E-state index is 13.0. The molecule has 0 aliphatic rings. The first-order valence-electron chi connectivity index (χ1n) is 11.4. The molecule has 180 valence electrons. The third-order valence-electron chi connectivity index (χ3n) is 5.55. The zero-order valence-electron chi connectivity index (χ0n) is 19.4. The summed E-state index contributed by atoms with van der Waals surface area (Å²) in [5.74, 6) is -1.94. The zero-order valence-corrected chi connectivity index (χ0v) is 19.4. The molecule has 0 radical (unpaired) electrons. The van der Waals surface area contributed by atoms with Crippen LogP contribution in [-0.2, 0) is 27.4 Å². The number of aromatic amines is 1. The molecule has 8 heteroatoms. The molecule has 4 N–H and O–H groups in total. The molecule has 2 atom stereocenters. The smallest absolute Gasteiger partial charge is 0.407 e. The highest BCUT2D eigenvalue weighted by Gasteiger charge is 2.27. The highest BCUT2D eigenvalue weighted by molar-refractivity contribution is 5.87. The number of ether oxygens (including phenoxy) is 1. The molecular weight excluding hydrogens is 434 g/mol. The highest BCUT2D eigenvalue weighted by atomic mass is 16.5. The standard InChI is InChI=1S/C26H31N3O5/c1-17(2)12-20(15-28-26(33)34-16-18-8-4-3-5-9-18)24(30)29-23(25(31)32)13-19-14-27-22-11-7-6-10-21(19)22/h3-11,14,17,20,23,27H,12-13,15-16H2,1-2H3,(H,28,33)(H,29,30)(H,31,32)/t20?,23-/m0/s1. The number of fused-ring (bicyclic) bond motifs is 1. The van der Waals surface area contributed by atoms with Gasteiger partial charge in [-0.25, -0.2) is 9.59 Å². The van der Waals surface area contributed by atoms with Crippen molar-refractivity contribution in [2.75, 3.05) is 6.54 Å². The van der Waals surface area contributed by atoms with E-state index in [0.717, 1.165) is 22.0 Å². The molecule has 0 saturated carbocycles. The Labute approximate surface area is 198 Å². The minimum atomic E-state index is -1.11. The number of amides is 2. The van der Waals surface area contributed by atoms with E-state index in [9.17, 15) is 19.5 Å². The van der Waals surface area contributed by atoms with Crippen molar-refractivity contribution in [3.05, 3.63) is 71.9 Å². The van der Waals surface area contributed by atoms with Gasteiger partial charge in [-0.05, 0) is 29.5 Å². The van der Waals surface area contributed by atoms with Crippen molar-refractivity contribution in [2.45, 2.75) is 39.3 Å². The minimum Gasteiger partial charge on any atom is -0.480 e. The van der Waals surface area contributed by atoms with E-state index in [-0.39, 0.29) is 25.5 Å². The summed E-state index contributed by atoms with van der Waals surface area (Å²) in [7, 11) is 0. The number of aromatic nitrogens is 1. The summed E-state index contributed by atoms with van der Waals surface area (Å²) < 4.78 is 5.21. The molecule has 1 unspecified atom stereocenters. The first kappa shape index (κ1) is 24.8. The maximum Gasteiger partial charge on any atom is 0.407 e. The van der Waals surface area contributed by atoms with E-state index >= 15 is 0 Å². The maximum atomic E-state index is 13.0. The van der Waals surface area contributed by atoms with Gasteiger partial charge >= 0.3 is 12.1 Å². The molecule has 2 amide bonds. The highest BCUT2D eigenvalue weighted by Crippen LogP contribution is 2.20. The molecule has 1 heterocycles. The van der Waals surface area contributed by atoms with Crippen molar-refractivity contribution in [1.82, 2.24) is 15.6 Å². The number of alkyl carbamates (subject to hydrolysis) is 1. The number of para-hydroxylation sites is 1. The van der Waals surface area contributed by atoms with Crippen LogP contribution in [0.3, 0.4) is 0 Å². The van der Waals surface area contributed by atoms with Crippen molar-refractivity contribution >= 4 is 28.9 Å². The molecule has 3 rings (SSSR count). The largest absolute Gasteiger partial charge is 0.480 e. The third kappa shape index (κ3) is 7.10. The number of hydrogen-bond acceptors (Lipinski definition) is 4. The Bertz CT molecular complexity index is 1110. The molecule has 8 nitrogen and oxygen atoms in total. The van der Waals surface area contributed by atoms with Crippen LogP contribution in [0.5, 0.6) is 0 Å². The quantitative estimate of drug-likeness (QED) is 0.343. The number of carbonyl (C=O) groups excluding carboxylic acids is 2. The van der Waals surface area contributed by atoms with E-state index in [0.29, 0.717) is 6.42 Å². The molecule has 34 heavy (non-hydrogen) atoms. The summed E-state index contributed by atoms with van der Waals surface area (Å²) in [5.41, 5.74) is 2.57. The molecule has 0 aliphatic heterocycles. The first-order valence-corrected chi connectivity index (χ1v) is 11.4. The number of H-pyrrole nitrogens is 1. The Hall–Kier alpha value is -3.81. The third-order valence-corrected chi connectivity index (χ3v) is 5.55. The van der Waals surface area contributed by atoms with Crippen molar-refractivity contribution in [2.24, 2.45) is 11.8 Å². The summed E-state index contributed by atoms with van der Waals surface area (Å²) >= 11 is 0. The average molecular weight is 466 g/mol. The van der Waals surface area contributed by atoms with E-state index in [1.54, 1.807) is 6.20 Å². The van der Waals surface area contributed by atoms with Gasteiger partial charge in [-0.3, -0.25) is 4.79 Å². The molecule has 2 aromatic carbocycles. The van der Waals surface area contributed by atoms with E-state index in [4.69, 9.17) is 4.74 Å². The van der Waals surface area contributed by atoms with Gasteiger partial charge in [-0.1, -0.05) is 62.4 Å². The number of carboxylic acid groups (broad SMARTS) is 1. The van der Waals surface area contributed by atoms with Crippen molar-refractivity contribution in [3.8, 4) is 0 Å². The first-order chi connectivity index (χ1) is 16.3. The number of carboxylic acids is 1. The minimum absolute atomic E-state index is 0.0526. The fourth-order valence-corrected chi connectivity index (χ4v) is 3.84. The normalized spacial score (nSPS) is 12.8. The Kier molecular flexibility index (Phi) is 8.67. The van der Waals surface area contributed by atoms with Gasteiger partial charge in [0.2, 0.25) is 5.91 Å². The van der Waals surface area contributed by atoms with Crippen LogP contribution in [0.25, 0.3) is 10.9 Å². The lowest BCUT2D eigenvalue weighted by atomic mass is 9.95. The van der Waals surface area contributed by atoms with Crippen LogP contribution in [0, 0.1) is 11.8 Å². The Morgan fingerprint density at radius 3 is 2.44 bits per heavy atom. The predicted octanol–water partition coefficient (Wildman–Crippen LogP) is 3.87. The predicted molar refractivity (Wildman–Crippen MR) is 129 cm³/mol. The van der Waals surface area contributed by atoms with Crippen molar-refractivity contribution < 1.29 is 24.2 Å². The van der Waals surface area contributed by atoms with Gasteiger partial charge in [0.25, 0.3) is 0 Å². The fourth-order valence-electron chi connectivity index (χ4n) is 3.84. The zero-order chi connectivity index (χ0) is 24.5. The van der Waals surface area contributed by atoms with Crippen molar-refractivity contribution in [3.63, 3.8) is 0 Å². The Morgan fingerprint density at radius 2 is 1.74 bits per heavy atom. The van der Waals surface area contributed by atoms with Crippen LogP contribution >= 0.6 is 0 Å². The van der Waals surface area contributed by atoms with E-state index in [1.165, 1.54) is 0 Å². The second-order valence-electron chi connectivity index (χ2n) is 8.73. The van der Waals surface area contributed by atoms with Crippen LogP contribution in [0.4, 0.5) is 4.79 Å². The summed E-state index contributed by atoms with van der Waals surface area (Å²) in [6, 6.07) is 15.8. The number of nitrogens with one attached hydrogen (secondary N) is 3. The van der Waals surface area contributed by atoms with Crippen LogP contribution in [0.2, 0.25) is 0 Å². The number of hydrogen-bond donors (Lipinski definition) is 4. The van der Waals surface area contributed by atoms with Gasteiger partial charge in [-0.2, -0.15) is 0 Å². The lowest BCUT2D eigenvalue weighted by Gasteiger charge is -2.22. The SMILES string of the molecule is CC(C)CC(CNC(=O)OCc1ccccc1)C(=O)N[C@@H](Cc1c[nH]c2ccccc12)C(=O)O. The second-order valence-corrected chi connectivity index (χ2v) is 8.73. The molecule has 3 aromatic rings. The van der Waals surface area contributed by atoms with E-state index in [1.807, 2.05) is 68.4 Å². The van der Waals surface area contributed by atoms with Gasteiger partial charge in [0.15, 0.2) is 0 Å². The molecule has 0 aliphatic carbocycles. The fraction of sp³-hybridized carbons (Fsp3) is 0.346. The van der Waals surface area contributed by atoms with Gasteiger partial charge in [0, 0.05) is 30.1 Å². The van der Waals surface area contributed by atoms with Crippen molar-refractivity contribution in [1.29, 1.82) is 0 Å². The van der Waals surface area contributed by atoms with Crippen LogP contribution < -0.4 is 10.6 Å². The van der Waals surface area contributed by atoms with E-state index in [2.05, 4.69) is 15.6 Å². The van der Waals surface area contributed by atoms with E-state index < -0.39 is 29.9 Å². The van der Waals surface area contributed by atoms with Crippen LogP contribution in [0.1, 0.15) is 31.4 Å². The topological polar surface area (TPSA) is 121 Å². The average Bonchev–Trinajstić information content (AvgIpc) is 3.23. The Balaban J connectivity index is 1.59. The molecule has 1 aromatic heterocycles. The molecule has 0 saturated heterocycles. The summed E-state index contributed by atoms with van der Waals surface area (Å²) in [4.78, 5) is 40.2. The monoisotopic (exact) mass is 465 g/mol. The van der Waals surface area contributed by atoms with Gasteiger partial charge in [0.05, 0.1) is 5.92 Å². The lowest BCUT2D eigenvalue weighted by molar-refractivity contribution is -0.142. The van der Waals surface area contributed by atoms with Crippen LogP contribution in [-0.4, -0.2) is 40.6 Å². The lowest BCUT2D eigenvalue weighted by Crippen LogP contribution is -2.47. The number of rotatable bonds is 11. The van der Waals surface area contributed by atoms with Gasteiger partial charge in [-0.15, -0.1) is 0 Å². The summed E-state index contributed by atoms with van der Waals surface area (Å²) in [6.07, 6.45) is 1.78. The molecule has 0 spiro atoms. The van der Waals surface area contributed by atoms with Crippen LogP contribution in [0.15, 0.2) is 60.8 Å². The molecule has 0 fully saturated rings. The number of aliphatic carboxylic acids is 1. The van der Waals surface area contributed by atoms with Gasteiger partial charge < -0.3 is 25.5 Å². The number of carbonyl (C=O) groups is 3. The summed E-state index contributed by atoms with van der Waals surface area (Å²) in [5, 5.41) is 16.0. The molecular formula is C26H31N3O5. The Morgan fingerprint density at radius 1 is 1.03 bits per heavy atom. The number of benzene rings is 2.